The summed E-state index contributed by atoms with van der Waals surface area (Å²) in [5.74, 6) is 3.60. The Morgan fingerprint density at radius 2 is 2.00 bits per heavy atom. The molecule has 3 aromatic rings. The van der Waals surface area contributed by atoms with E-state index in [4.69, 9.17) is 5.11 Å². The lowest BCUT2D eigenvalue weighted by molar-refractivity contribution is 0.0590. The first-order chi connectivity index (χ1) is 13.0. The van der Waals surface area contributed by atoms with Gasteiger partial charge in [-0.15, -0.1) is 0 Å². The maximum absolute atomic E-state index is 13.1. The van der Waals surface area contributed by atoms with Gasteiger partial charge in [0.1, 0.15) is 23.6 Å². The van der Waals surface area contributed by atoms with Crippen LogP contribution in [0.5, 0.6) is 5.75 Å². The number of carbonyl (C=O) groups is 1. The van der Waals surface area contributed by atoms with Crippen LogP contribution in [0, 0.1) is 17.7 Å². The average molecular weight is 366 g/mol. The van der Waals surface area contributed by atoms with Crippen LogP contribution in [0.15, 0.2) is 36.5 Å². The molecule has 0 aliphatic rings. The minimum absolute atomic E-state index is 0.149. The SMILES string of the molecule is COC(=O)c1nc(C#CCO)c2cc(Cc3ccc(F)cc3)cnc2c1O. The van der Waals surface area contributed by atoms with E-state index < -0.39 is 11.7 Å². The van der Waals surface area contributed by atoms with Gasteiger partial charge in [0.15, 0.2) is 11.4 Å². The highest BCUT2D eigenvalue weighted by atomic mass is 19.1. The number of fused-ring (bicyclic) bond motifs is 1. The molecule has 2 N–H and O–H groups in total. The van der Waals surface area contributed by atoms with Crippen LogP contribution >= 0.6 is 0 Å². The molecule has 0 aliphatic carbocycles. The number of rotatable bonds is 3. The van der Waals surface area contributed by atoms with Gasteiger partial charge in [0.2, 0.25) is 0 Å². The van der Waals surface area contributed by atoms with Gasteiger partial charge in [-0.1, -0.05) is 18.1 Å². The normalized spacial score (nSPS) is 10.3. The van der Waals surface area contributed by atoms with E-state index in [2.05, 4.69) is 26.5 Å². The molecular weight excluding hydrogens is 351 g/mol. The Morgan fingerprint density at radius 3 is 2.67 bits per heavy atom. The van der Waals surface area contributed by atoms with Gasteiger partial charge >= 0.3 is 5.97 Å². The van der Waals surface area contributed by atoms with E-state index in [9.17, 15) is 14.3 Å². The predicted octanol–water partition coefficient (Wildman–Crippen LogP) is 2.20. The number of halogens is 1. The van der Waals surface area contributed by atoms with Gasteiger partial charge in [0.05, 0.1) is 7.11 Å². The first kappa shape index (κ1) is 18.3. The number of methoxy groups -OCH3 is 1. The molecule has 0 atom stereocenters. The quantitative estimate of drug-likeness (QED) is 0.545. The second-order valence-electron chi connectivity index (χ2n) is 5.65. The highest BCUT2D eigenvalue weighted by Crippen LogP contribution is 2.29. The molecule has 136 valence electrons. The van der Waals surface area contributed by atoms with Crippen molar-refractivity contribution in [1.29, 1.82) is 0 Å². The molecule has 0 amide bonds. The van der Waals surface area contributed by atoms with Gasteiger partial charge in [-0.25, -0.2) is 14.2 Å². The first-order valence-electron chi connectivity index (χ1n) is 7.97. The largest absolute Gasteiger partial charge is 0.504 e. The van der Waals surface area contributed by atoms with Gasteiger partial charge in [-0.3, -0.25) is 4.98 Å². The zero-order chi connectivity index (χ0) is 19.4. The third-order valence-corrected chi connectivity index (χ3v) is 3.86. The molecule has 27 heavy (non-hydrogen) atoms. The molecule has 0 aliphatic heterocycles. The van der Waals surface area contributed by atoms with Crippen LogP contribution in [0.25, 0.3) is 10.9 Å². The van der Waals surface area contributed by atoms with E-state index in [1.165, 1.54) is 19.2 Å². The second-order valence-corrected chi connectivity index (χ2v) is 5.65. The Hall–Kier alpha value is -3.50. The molecule has 6 nitrogen and oxygen atoms in total. The second kappa shape index (κ2) is 7.81. The summed E-state index contributed by atoms with van der Waals surface area (Å²) in [6.45, 7) is -0.389. The summed E-state index contributed by atoms with van der Waals surface area (Å²) >= 11 is 0. The van der Waals surface area contributed by atoms with Crippen molar-refractivity contribution in [3.05, 3.63) is 64.9 Å². The number of aromatic nitrogens is 2. The van der Waals surface area contributed by atoms with E-state index in [0.29, 0.717) is 11.8 Å². The van der Waals surface area contributed by atoms with Gasteiger partial charge in [0, 0.05) is 11.6 Å². The van der Waals surface area contributed by atoms with E-state index in [1.807, 2.05) is 0 Å². The number of pyridine rings is 2. The highest BCUT2D eigenvalue weighted by Gasteiger charge is 2.20. The molecule has 0 unspecified atom stereocenters. The van der Waals surface area contributed by atoms with Crippen LogP contribution in [0.3, 0.4) is 0 Å². The van der Waals surface area contributed by atoms with Crippen LogP contribution in [0.2, 0.25) is 0 Å². The molecule has 0 saturated heterocycles. The smallest absolute Gasteiger partial charge is 0.360 e. The van der Waals surface area contributed by atoms with Crippen molar-refractivity contribution in [3.63, 3.8) is 0 Å². The zero-order valence-electron chi connectivity index (χ0n) is 14.4. The fourth-order valence-corrected chi connectivity index (χ4v) is 2.61. The standard InChI is InChI=1S/C20H15FN2O4/c1-27-20(26)18-19(25)17-15(16(23-18)3-2-8-24)10-13(11-22-17)9-12-4-6-14(21)7-5-12/h4-7,10-11,24-25H,8-9H2,1H3. The number of benzene rings is 1. The maximum Gasteiger partial charge on any atom is 0.360 e. The summed E-state index contributed by atoms with van der Waals surface area (Å²) in [4.78, 5) is 20.1. The predicted molar refractivity (Wildman–Crippen MR) is 95.7 cm³/mol. The van der Waals surface area contributed by atoms with Gasteiger partial charge in [-0.05, 0) is 41.7 Å². The number of nitrogens with zero attached hydrogens (tertiary/aromatic N) is 2. The summed E-state index contributed by atoms with van der Waals surface area (Å²) in [6, 6.07) is 7.82. The number of aromatic hydroxyl groups is 1. The minimum atomic E-state index is -0.821. The fourth-order valence-electron chi connectivity index (χ4n) is 2.61. The molecule has 2 aromatic heterocycles. The van der Waals surface area contributed by atoms with Crippen LogP contribution in [-0.4, -0.2) is 39.9 Å². The van der Waals surface area contributed by atoms with E-state index in [-0.39, 0.29) is 29.3 Å². The van der Waals surface area contributed by atoms with Crippen LogP contribution in [-0.2, 0) is 11.2 Å². The Labute approximate surface area is 154 Å². The van der Waals surface area contributed by atoms with Crippen LogP contribution < -0.4 is 0 Å². The molecular formula is C20H15FN2O4. The first-order valence-corrected chi connectivity index (χ1v) is 7.97. The lowest BCUT2D eigenvalue weighted by atomic mass is 10.0. The molecule has 0 saturated carbocycles. The molecule has 1 aromatic carbocycles. The molecule has 2 heterocycles. The van der Waals surface area contributed by atoms with Gasteiger partial charge in [0.25, 0.3) is 0 Å². The number of hydrogen-bond acceptors (Lipinski definition) is 6. The number of aliphatic hydroxyl groups is 1. The third-order valence-electron chi connectivity index (χ3n) is 3.86. The number of esters is 1. The number of hydrogen-bond donors (Lipinski definition) is 2. The lowest BCUT2D eigenvalue weighted by Gasteiger charge is -2.09. The number of aliphatic hydroxyl groups excluding tert-OH is 1. The summed E-state index contributed by atoms with van der Waals surface area (Å²) in [6.07, 6.45) is 2.03. The molecule has 3 rings (SSSR count). The van der Waals surface area contributed by atoms with Crippen molar-refractivity contribution in [2.24, 2.45) is 0 Å². The minimum Gasteiger partial charge on any atom is -0.504 e. The van der Waals surface area contributed by atoms with Crippen molar-refractivity contribution < 1.29 is 24.1 Å². The lowest BCUT2D eigenvalue weighted by Crippen LogP contribution is -2.07. The van der Waals surface area contributed by atoms with E-state index in [0.717, 1.165) is 11.1 Å². The molecule has 0 radical (unpaired) electrons. The van der Waals surface area contributed by atoms with Gasteiger partial charge in [-0.2, -0.15) is 0 Å². The highest BCUT2D eigenvalue weighted by molar-refractivity contribution is 5.99. The summed E-state index contributed by atoms with van der Waals surface area (Å²) in [7, 11) is 1.17. The van der Waals surface area contributed by atoms with Crippen LogP contribution in [0.4, 0.5) is 4.39 Å². The van der Waals surface area contributed by atoms with E-state index >= 15 is 0 Å². The van der Waals surface area contributed by atoms with Crippen molar-refractivity contribution in [2.45, 2.75) is 6.42 Å². The topological polar surface area (TPSA) is 92.5 Å². The van der Waals surface area contributed by atoms with E-state index in [1.54, 1.807) is 24.4 Å². The molecule has 0 spiro atoms. The Morgan fingerprint density at radius 1 is 1.26 bits per heavy atom. The Bertz CT molecular complexity index is 1070. The Kier molecular flexibility index (Phi) is 5.29. The molecule has 0 bridgehead atoms. The third kappa shape index (κ3) is 3.86. The maximum atomic E-state index is 13.1. The fraction of sp³-hybridized carbons (Fsp3) is 0.150. The monoisotopic (exact) mass is 366 g/mol. The van der Waals surface area contributed by atoms with Crippen molar-refractivity contribution in [3.8, 4) is 17.6 Å². The van der Waals surface area contributed by atoms with Crippen molar-refractivity contribution in [2.75, 3.05) is 13.7 Å². The number of carbonyl (C=O) groups excluding carboxylic acids is 1. The number of ether oxygens (including phenoxy) is 1. The Balaban J connectivity index is 2.13. The van der Waals surface area contributed by atoms with Crippen molar-refractivity contribution >= 4 is 16.9 Å². The van der Waals surface area contributed by atoms with Crippen LogP contribution in [0.1, 0.15) is 27.3 Å². The van der Waals surface area contributed by atoms with Crippen molar-refractivity contribution in [1.82, 2.24) is 9.97 Å². The zero-order valence-corrected chi connectivity index (χ0v) is 14.4. The summed E-state index contributed by atoms with van der Waals surface area (Å²) in [5.41, 5.74) is 1.70. The average Bonchev–Trinajstić information content (AvgIpc) is 2.68. The van der Waals surface area contributed by atoms with Gasteiger partial charge < -0.3 is 14.9 Å². The molecule has 0 fully saturated rings. The summed E-state index contributed by atoms with van der Waals surface area (Å²) < 4.78 is 17.7. The summed E-state index contributed by atoms with van der Waals surface area (Å²) in [5, 5.41) is 19.7. The molecule has 7 heteroatoms.